The van der Waals surface area contributed by atoms with Gasteiger partial charge in [-0.3, -0.25) is 4.79 Å². The van der Waals surface area contributed by atoms with Gasteiger partial charge in [-0.2, -0.15) is 8.78 Å². The minimum atomic E-state index is -4.76. The smallest absolute Gasteiger partial charge is 0.341 e. The van der Waals surface area contributed by atoms with E-state index >= 15 is 0 Å². The number of ether oxygens (including phenoxy) is 3. The third-order valence-corrected chi connectivity index (χ3v) is 5.42. The normalized spacial score (nSPS) is 13.4. The first-order chi connectivity index (χ1) is 14.3. The second kappa shape index (κ2) is 9.08. The van der Waals surface area contributed by atoms with Crippen molar-refractivity contribution in [2.75, 3.05) is 25.1 Å². The minimum absolute atomic E-state index is 0.0911. The van der Waals surface area contributed by atoms with E-state index in [4.69, 9.17) is 14.2 Å². The first-order valence-electron chi connectivity index (χ1n) is 8.76. The maximum atomic E-state index is 12.5. The van der Waals surface area contributed by atoms with Crippen LogP contribution in [0.15, 0.2) is 47.4 Å². The maximum Gasteiger partial charge on any atom is 0.341 e. The van der Waals surface area contributed by atoms with Crippen LogP contribution in [0.1, 0.15) is 16.8 Å². The van der Waals surface area contributed by atoms with Gasteiger partial charge >= 0.3 is 11.7 Å². The average Bonchev–Trinajstić information content (AvgIpc) is 2.97. The van der Waals surface area contributed by atoms with Crippen LogP contribution in [0.5, 0.6) is 11.5 Å². The van der Waals surface area contributed by atoms with Crippen LogP contribution < -0.4 is 14.8 Å². The molecule has 0 spiro atoms. The number of hydrogen-bond acceptors (Lipinski definition) is 7. The Morgan fingerprint density at radius 3 is 2.37 bits per heavy atom. The lowest BCUT2D eigenvalue weighted by Gasteiger charge is -2.11. The van der Waals surface area contributed by atoms with Crippen molar-refractivity contribution in [3.05, 3.63) is 48.0 Å². The Balaban J connectivity index is 1.56. The van der Waals surface area contributed by atoms with Crippen molar-refractivity contribution in [3.8, 4) is 11.5 Å². The fourth-order valence-corrected chi connectivity index (χ4v) is 3.26. The second-order valence-corrected chi connectivity index (χ2v) is 8.08. The average molecular weight is 441 g/mol. The molecule has 0 atom stereocenters. The highest BCUT2D eigenvalue weighted by Gasteiger charge is 2.26. The molecule has 3 rings (SSSR count). The predicted octanol–water partition coefficient (Wildman–Crippen LogP) is 2.64. The molecule has 1 aliphatic heterocycles. The molecular formula is C19H17F2NO7S. The number of carbonyl (C=O) groups excluding carboxylic acids is 2. The van der Waals surface area contributed by atoms with Crippen LogP contribution >= 0.6 is 0 Å². The van der Waals surface area contributed by atoms with Gasteiger partial charge in [-0.25, -0.2) is 13.2 Å². The number of amides is 1. The second-order valence-electron chi connectivity index (χ2n) is 6.17. The topological polar surface area (TPSA) is 108 Å². The van der Waals surface area contributed by atoms with Crippen LogP contribution in [0.4, 0.5) is 14.5 Å². The first-order valence-corrected chi connectivity index (χ1v) is 10.3. The highest BCUT2D eigenvalue weighted by atomic mass is 32.2. The minimum Gasteiger partial charge on any atom is -0.490 e. The molecule has 11 heteroatoms. The van der Waals surface area contributed by atoms with Crippen molar-refractivity contribution in [3.63, 3.8) is 0 Å². The summed E-state index contributed by atoms with van der Waals surface area (Å²) in [6.07, 6.45) is 0.737. The van der Waals surface area contributed by atoms with Gasteiger partial charge in [-0.05, 0) is 36.4 Å². The molecule has 0 bridgehead atoms. The third-order valence-electron chi connectivity index (χ3n) is 4.02. The molecule has 1 aliphatic rings. The van der Waals surface area contributed by atoms with Crippen molar-refractivity contribution in [1.29, 1.82) is 0 Å². The van der Waals surface area contributed by atoms with Crippen LogP contribution in [-0.2, 0) is 19.4 Å². The van der Waals surface area contributed by atoms with Gasteiger partial charge in [0, 0.05) is 18.2 Å². The largest absolute Gasteiger partial charge is 0.490 e. The Morgan fingerprint density at radius 2 is 1.70 bits per heavy atom. The molecular weight excluding hydrogens is 424 g/mol. The van der Waals surface area contributed by atoms with Crippen LogP contribution in [0.2, 0.25) is 0 Å². The van der Waals surface area contributed by atoms with E-state index < -0.39 is 39.0 Å². The van der Waals surface area contributed by atoms with Crippen molar-refractivity contribution in [2.45, 2.75) is 17.1 Å². The SMILES string of the molecule is O=C(COC(=O)c1ccc(S(=O)(=O)C(F)F)cc1)Nc1ccc2c(c1)OCCCO2. The van der Waals surface area contributed by atoms with Gasteiger partial charge in [0.25, 0.3) is 5.91 Å². The lowest BCUT2D eigenvalue weighted by molar-refractivity contribution is -0.119. The zero-order chi connectivity index (χ0) is 21.7. The van der Waals surface area contributed by atoms with Crippen molar-refractivity contribution in [2.24, 2.45) is 0 Å². The summed E-state index contributed by atoms with van der Waals surface area (Å²) >= 11 is 0. The lowest BCUT2D eigenvalue weighted by atomic mass is 10.2. The Labute approximate surface area is 170 Å². The number of alkyl halides is 2. The van der Waals surface area contributed by atoms with Gasteiger partial charge in [-0.15, -0.1) is 0 Å². The molecule has 1 N–H and O–H groups in total. The van der Waals surface area contributed by atoms with Gasteiger partial charge < -0.3 is 19.5 Å². The summed E-state index contributed by atoms with van der Waals surface area (Å²) in [5, 5.41) is 2.55. The maximum absolute atomic E-state index is 12.5. The summed E-state index contributed by atoms with van der Waals surface area (Å²) in [6, 6.07) is 8.64. The monoisotopic (exact) mass is 441 g/mol. The molecule has 0 saturated carbocycles. The molecule has 1 amide bonds. The van der Waals surface area contributed by atoms with Gasteiger partial charge in [0.1, 0.15) is 0 Å². The molecule has 0 saturated heterocycles. The molecule has 160 valence electrons. The van der Waals surface area contributed by atoms with Crippen LogP contribution in [0.25, 0.3) is 0 Å². The molecule has 0 fully saturated rings. The van der Waals surface area contributed by atoms with Gasteiger partial charge in [-0.1, -0.05) is 0 Å². The highest BCUT2D eigenvalue weighted by Crippen LogP contribution is 2.32. The summed E-state index contributed by atoms with van der Waals surface area (Å²) in [6.45, 7) is 0.410. The summed E-state index contributed by atoms with van der Waals surface area (Å²) < 4.78 is 63.7. The van der Waals surface area contributed by atoms with Crippen molar-refractivity contribution >= 4 is 27.4 Å². The quantitative estimate of drug-likeness (QED) is 0.687. The van der Waals surface area contributed by atoms with E-state index in [2.05, 4.69) is 5.32 Å². The Bertz CT molecular complexity index is 1040. The number of esters is 1. The number of halogens is 2. The number of anilines is 1. The number of benzene rings is 2. The van der Waals surface area contributed by atoms with Crippen LogP contribution in [0.3, 0.4) is 0 Å². The van der Waals surface area contributed by atoms with E-state index in [1.54, 1.807) is 18.2 Å². The summed E-state index contributed by atoms with van der Waals surface area (Å²) in [5.41, 5.74) is 0.327. The van der Waals surface area contributed by atoms with E-state index in [9.17, 15) is 26.8 Å². The Morgan fingerprint density at radius 1 is 1.03 bits per heavy atom. The number of carbonyl (C=O) groups is 2. The standard InChI is InChI=1S/C19H17F2NO7S/c20-19(21)30(25,26)14-5-2-12(3-6-14)18(24)29-11-17(23)22-13-4-7-15-16(10-13)28-9-1-8-27-15/h2-7,10,19H,1,8-9,11H2,(H,22,23). The van der Waals surface area contributed by atoms with E-state index in [1.165, 1.54) is 0 Å². The first kappa shape index (κ1) is 21.5. The third kappa shape index (κ3) is 5.03. The lowest BCUT2D eigenvalue weighted by Crippen LogP contribution is -2.21. The molecule has 2 aromatic carbocycles. The molecule has 0 aromatic heterocycles. The molecule has 0 aliphatic carbocycles. The van der Waals surface area contributed by atoms with E-state index in [-0.39, 0.29) is 5.56 Å². The van der Waals surface area contributed by atoms with E-state index in [0.29, 0.717) is 30.4 Å². The van der Waals surface area contributed by atoms with E-state index in [0.717, 1.165) is 30.7 Å². The van der Waals surface area contributed by atoms with Gasteiger partial charge in [0.15, 0.2) is 18.1 Å². The number of rotatable bonds is 6. The molecule has 0 radical (unpaired) electrons. The summed E-state index contributed by atoms with van der Waals surface area (Å²) in [7, 11) is -4.76. The van der Waals surface area contributed by atoms with Crippen molar-refractivity contribution in [1.82, 2.24) is 0 Å². The number of sulfone groups is 1. The summed E-state index contributed by atoms with van der Waals surface area (Å²) in [5.74, 6) is -4.04. The van der Waals surface area contributed by atoms with Crippen LogP contribution in [0, 0.1) is 0 Å². The van der Waals surface area contributed by atoms with Crippen LogP contribution in [-0.4, -0.2) is 45.9 Å². The summed E-state index contributed by atoms with van der Waals surface area (Å²) in [4.78, 5) is 23.4. The molecule has 0 unspecified atom stereocenters. The van der Waals surface area contributed by atoms with E-state index in [1.807, 2.05) is 0 Å². The molecule has 8 nitrogen and oxygen atoms in total. The zero-order valence-corrected chi connectivity index (χ0v) is 16.3. The number of hydrogen-bond donors (Lipinski definition) is 1. The van der Waals surface area contributed by atoms with Gasteiger partial charge in [0.05, 0.1) is 23.7 Å². The Hall–Kier alpha value is -3.21. The fourth-order valence-electron chi connectivity index (χ4n) is 2.54. The van der Waals surface area contributed by atoms with Crippen molar-refractivity contribution < 1.29 is 41.0 Å². The molecule has 1 heterocycles. The zero-order valence-electron chi connectivity index (χ0n) is 15.5. The predicted molar refractivity (Wildman–Crippen MR) is 101 cm³/mol. The Kier molecular flexibility index (Phi) is 6.50. The molecule has 2 aromatic rings. The van der Waals surface area contributed by atoms with Gasteiger partial charge in [0.2, 0.25) is 9.84 Å². The molecule has 30 heavy (non-hydrogen) atoms. The fraction of sp³-hybridized carbons (Fsp3) is 0.263. The number of fused-ring (bicyclic) bond motifs is 1. The number of nitrogens with one attached hydrogen (secondary N) is 1. The highest BCUT2D eigenvalue weighted by molar-refractivity contribution is 7.91.